The lowest BCUT2D eigenvalue weighted by Crippen LogP contribution is -2.42. The molecule has 1 aliphatic rings. The number of imidazole rings is 1. The molecule has 1 atom stereocenters. The van der Waals surface area contributed by atoms with Gasteiger partial charge in [0.2, 0.25) is 11.3 Å². The first-order chi connectivity index (χ1) is 19.9. The first-order valence-electron chi connectivity index (χ1n) is 13.2. The van der Waals surface area contributed by atoms with Crippen LogP contribution >= 0.6 is 11.6 Å². The van der Waals surface area contributed by atoms with Gasteiger partial charge >= 0.3 is 12.2 Å². The number of nitrogens with one attached hydrogen (secondary N) is 3. The number of amides is 2. The molecule has 2 heterocycles. The van der Waals surface area contributed by atoms with Crippen molar-refractivity contribution in [2.45, 2.75) is 44.8 Å². The van der Waals surface area contributed by atoms with Crippen molar-refractivity contribution in [1.29, 1.82) is 0 Å². The predicted octanol–water partition coefficient (Wildman–Crippen LogP) is 5.74. The van der Waals surface area contributed by atoms with Gasteiger partial charge in [0.15, 0.2) is 6.20 Å². The maximum Gasteiger partial charge on any atom is 0.412 e. The predicted molar refractivity (Wildman–Crippen MR) is 157 cm³/mol. The van der Waals surface area contributed by atoms with Crippen LogP contribution in [0, 0.1) is 5.21 Å². The Morgan fingerprint density at radius 2 is 1.83 bits per heavy atom. The molecule has 2 aromatic heterocycles. The van der Waals surface area contributed by atoms with E-state index in [4.69, 9.17) is 16.3 Å². The van der Waals surface area contributed by atoms with Gasteiger partial charge in [0.1, 0.15) is 11.4 Å². The van der Waals surface area contributed by atoms with E-state index in [1.54, 1.807) is 69.4 Å². The summed E-state index contributed by atoms with van der Waals surface area (Å²) in [6.45, 7) is 5.29. The first kappa shape index (κ1) is 28.9. The number of ether oxygens (including phenoxy) is 2. The summed E-state index contributed by atoms with van der Waals surface area (Å²) in [5.41, 5.74) is 1.90. The molecule has 0 fully saturated rings. The van der Waals surface area contributed by atoms with E-state index in [1.165, 1.54) is 13.3 Å². The third-order valence-electron chi connectivity index (χ3n) is 6.78. The van der Waals surface area contributed by atoms with Crippen LogP contribution in [0.25, 0.3) is 22.4 Å². The number of aliphatic hydroxyl groups is 1. The summed E-state index contributed by atoms with van der Waals surface area (Å²) >= 11 is 6.28. The Balaban J connectivity index is 1.44. The zero-order chi connectivity index (χ0) is 30.2. The van der Waals surface area contributed by atoms with Crippen molar-refractivity contribution < 1.29 is 28.9 Å². The quantitative estimate of drug-likeness (QED) is 0.171. The molecule has 0 radical (unpaired) electrons. The van der Waals surface area contributed by atoms with Gasteiger partial charge < -0.3 is 24.8 Å². The monoisotopic (exact) mass is 591 g/mol. The number of rotatable bonds is 5. The summed E-state index contributed by atoms with van der Waals surface area (Å²) in [5.74, 6) is 0.236. The number of pyridine rings is 1. The van der Waals surface area contributed by atoms with Crippen LogP contribution in [-0.4, -0.2) is 40.0 Å². The van der Waals surface area contributed by atoms with Crippen molar-refractivity contribution in [2.24, 2.45) is 0 Å². The lowest BCUT2D eigenvalue weighted by Gasteiger charge is -2.21. The Hall–Kier alpha value is -4.61. The van der Waals surface area contributed by atoms with E-state index in [2.05, 4.69) is 25.3 Å². The van der Waals surface area contributed by atoms with Gasteiger partial charge in [-0.2, -0.15) is 4.73 Å². The number of hydrogen-bond acceptors (Lipinski definition) is 7. The van der Waals surface area contributed by atoms with E-state index in [0.29, 0.717) is 49.9 Å². The lowest BCUT2D eigenvalue weighted by atomic mass is 9.98. The number of fused-ring (bicyclic) bond motifs is 1. The van der Waals surface area contributed by atoms with Gasteiger partial charge in [0.05, 0.1) is 24.7 Å². The molecule has 0 aliphatic heterocycles. The van der Waals surface area contributed by atoms with Crippen LogP contribution < -0.4 is 15.4 Å². The van der Waals surface area contributed by atoms with Crippen LogP contribution in [0.1, 0.15) is 44.3 Å². The number of aromatic nitrogens is 3. The summed E-state index contributed by atoms with van der Waals surface area (Å²) in [5, 5.41) is 30.9. The maximum absolute atomic E-state index is 13.5. The van der Waals surface area contributed by atoms with Crippen LogP contribution in [0.5, 0.6) is 0 Å². The fourth-order valence-electron chi connectivity index (χ4n) is 4.93. The Bertz CT molecular complexity index is 1660. The highest BCUT2D eigenvalue weighted by atomic mass is 35.5. The number of aryl methyl sites for hydroxylation is 1. The minimum Gasteiger partial charge on any atom is -0.618 e. The van der Waals surface area contributed by atoms with Crippen LogP contribution in [0.15, 0.2) is 60.9 Å². The highest BCUT2D eigenvalue weighted by Crippen LogP contribution is 2.41. The SMILES string of the molecule is COC(=O)Nc1ccc(-c2cnc(C3(O)CCc4cc(-c5cc(Cl)ccc5NC(=O)OC(C)(C)C)c[n+]([O-])c43)[nH]2)cc1. The molecule has 11 nitrogen and oxygen atoms in total. The number of carbonyl (C=O) groups excluding carboxylic acids is 2. The molecule has 218 valence electrons. The maximum atomic E-state index is 13.5. The highest BCUT2D eigenvalue weighted by molar-refractivity contribution is 6.31. The number of aromatic amines is 1. The molecule has 0 spiro atoms. The lowest BCUT2D eigenvalue weighted by molar-refractivity contribution is -0.620. The molecule has 5 rings (SSSR count). The van der Waals surface area contributed by atoms with Crippen LogP contribution in [0.2, 0.25) is 5.02 Å². The number of benzene rings is 2. The van der Waals surface area contributed by atoms with Crippen molar-refractivity contribution in [3.8, 4) is 22.4 Å². The number of halogens is 1. The second-order valence-electron chi connectivity index (χ2n) is 10.9. The minimum absolute atomic E-state index is 0.174. The number of hydrogen-bond donors (Lipinski definition) is 4. The fourth-order valence-corrected chi connectivity index (χ4v) is 5.11. The molecule has 1 aliphatic carbocycles. The molecule has 0 saturated heterocycles. The summed E-state index contributed by atoms with van der Waals surface area (Å²) in [6.07, 6.45) is 2.37. The zero-order valence-corrected chi connectivity index (χ0v) is 24.2. The fraction of sp³-hybridized carbons (Fsp3) is 0.267. The van der Waals surface area contributed by atoms with Gasteiger partial charge in [-0.05, 0) is 75.6 Å². The summed E-state index contributed by atoms with van der Waals surface area (Å²) in [6, 6.07) is 13.7. The molecular weight excluding hydrogens is 562 g/mol. The standard InChI is InChI=1S/C30H30ClN5O6/c1-29(2,3)42-28(38)35-23-10-7-20(31)14-22(23)19-13-18-11-12-30(39,25(18)36(40)16-19)26-32-15-24(34-26)17-5-8-21(9-6-17)33-27(37)41-4/h5-10,13-16,39H,11-12H2,1-4H3,(H,32,34)(H,33,37)(H,35,38). The van der Waals surface area contributed by atoms with E-state index < -0.39 is 23.4 Å². The molecule has 1 unspecified atom stereocenters. The van der Waals surface area contributed by atoms with Crippen molar-refractivity contribution in [2.75, 3.05) is 17.7 Å². The Morgan fingerprint density at radius 3 is 2.52 bits per heavy atom. The molecule has 12 heteroatoms. The minimum atomic E-state index is -1.65. The summed E-state index contributed by atoms with van der Waals surface area (Å²) in [4.78, 5) is 31.5. The molecule has 4 aromatic rings. The normalized spacial score (nSPS) is 16.0. The molecule has 0 saturated carbocycles. The van der Waals surface area contributed by atoms with E-state index >= 15 is 0 Å². The summed E-state index contributed by atoms with van der Waals surface area (Å²) in [7, 11) is 1.28. The third-order valence-corrected chi connectivity index (χ3v) is 7.02. The second kappa shape index (κ2) is 11.0. The third kappa shape index (κ3) is 5.88. The Labute approximate surface area is 247 Å². The van der Waals surface area contributed by atoms with Gasteiger partial charge in [0.25, 0.3) is 0 Å². The van der Waals surface area contributed by atoms with Crippen LogP contribution in [0.4, 0.5) is 21.0 Å². The number of methoxy groups -OCH3 is 1. The average Bonchev–Trinajstić information content (AvgIpc) is 3.55. The number of nitrogens with zero attached hydrogens (tertiary/aromatic N) is 2. The van der Waals surface area contributed by atoms with E-state index in [0.717, 1.165) is 5.56 Å². The van der Waals surface area contributed by atoms with Gasteiger partial charge in [-0.1, -0.05) is 23.7 Å². The van der Waals surface area contributed by atoms with Crippen molar-refractivity contribution in [3.63, 3.8) is 0 Å². The van der Waals surface area contributed by atoms with Gasteiger partial charge in [-0.25, -0.2) is 14.6 Å². The van der Waals surface area contributed by atoms with E-state index in [9.17, 15) is 19.9 Å². The van der Waals surface area contributed by atoms with Crippen molar-refractivity contribution in [3.05, 3.63) is 88.2 Å². The van der Waals surface area contributed by atoms with E-state index in [1.807, 2.05) is 6.07 Å². The number of carbonyl (C=O) groups is 2. The van der Waals surface area contributed by atoms with Gasteiger partial charge in [-0.3, -0.25) is 10.6 Å². The Kier molecular flexibility index (Phi) is 7.56. The van der Waals surface area contributed by atoms with Crippen molar-refractivity contribution >= 4 is 35.2 Å². The topological polar surface area (TPSA) is 153 Å². The largest absolute Gasteiger partial charge is 0.618 e. The van der Waals surface area contributed by atoms with E-state index in [-0.39, 0.29) is 17.9 Å². The Morgan fingerprint density at radius 1 is 1.10 bits per heavy atom. The highest BCUT2D eigenvalue weighted by Gasteiger charge is 2.48. The van der Waals surface area contributed by atoms with Gasteiger partial charge in [0, 0.05) is 27.4 Å². The first-order valence-corrected chi connectivity index (χ1v) is 13.5. The van der Waals surface area contributed by atoms with Crippen LogP contribution in [-0.2, 0) is 21.5 Å². The number of anilines is 2. The average molecular weight is 592 g/mol. The second-order valence-corrected chi connectivity index (χ2v) is 11.4. The summed E-state index contributed by atoms with van der Waals surface area (Å²) < 4.78 is 10.6. The molecular formula is C30H30ClN5O6. The zero-order valence-electron chi connectivity index (χ0n) is 23.4. The molecule has 2 aromatic carbocycles. The molecule has 0 bridgehead atoms. The molecule has 2 amide bonds. The number of H-pyrrole nitrogens is 1. The van der Waals surface area contributed by atoms with Crippen LogP contribution in [0.3, 0.4) is 0 Å². The smallest absolute Gasteiger partial charge is 0.412 e. The van der Waals surface area contributed by atoms with Crippen molar-refractivity contribution in [1.82, 2.24) is 9.97 Å². The molecule has 42 heavy (non-hydrogen) atoms. The van der Waals surface area contributed by atoms with Gasteiger partial charge in [-0.15, -0.1) is 0 Å². The molecule has 4 N–H and O–H groups in total.